The maximum absolute atomic E-state index is 12.7. The Balaban J connectivity index is 1.84. The fourth-order valence-electron chi connectivity index (χ4n) is 3.50. The Hall–Kier alpha value is -2.34. The largest absolute Gasteiger partial charge is 0.309 e. The van der Waals surface area contributed by atoms with Gasteiger partial charge in [-0.3, -0.25) is 9.52 Å². The second-order valence-electron chi connectivity index (χ2n) is 6.79. The van der Waals surface area contributed by atoms with Crippen LogP contribution < -0.4 is 9.62 Å². The minimum Gasteiger partial charge on any atom is -0.309 e. The summed E-state index contributed by atoms with van der Waals surface area (Å²) in [4.78, 5) is 13.7. The lowest BCUT2D eigenvalue weighted by Gasteiger charge is -2.20. The molecule has 0 saturated carbocycles. The second-order valence-corrected chi connectivity index (χ2v) is 8.47. The van der Waals surface area contributed by atoms with Crippen LogP contribution in [0.3, 0.4) is 0 Å². The molecule has 0 fully saturated rings. The Labute approximate surface area is 155 Å². The van der Waals surface area contributed by atoms with Crippen LogP contribution in [0.2, 0.25) is 0 Å². The van der Waals surface area contributed by atoms with E-state index in [1.54, 1.807) is 35.2 Å². The van der Waals surface area contributed by atoms with Crippen LogP contribution >= 0.6 is 0 Å². The van der Waals surface area contributed by atoms with Gasteiger partial charge in [0.2, 0.25) is 5.91 Å². The topological polar surface area (TPSA) is 66.5 Å². The number of hydrogen-bond acceptors (Lipinski definition) is 3. The number of fused-ring (bicyclic) bond motifs is 1. The van der Waals surface area contributed by atoms with E-state index >= 15 is 0 Å². The van der Waals surface area contributed by atoms with E-state index in [-0.39, 0.29) is 16.8 Å². The van der Waals surface area contributed by atoms with Gasteiger partial charge in [-0.2, -0.15) is 0 Å². The zero-order chi connectivity index (χ0) is 18.9. The summed E-state index contributed by atoms with van der Waals surface area (Å²) >= 11 is 0. The zero-order valence-corrected chi connectivity index (χ0v) is 16.1. The SMILES string of the molecule is CCCc1ccc(NS(=O)(=O)c2ccc3c(c2)CC(C)N3C(C)=O)cc1. The standard InChI is InChI=1S/C20H24N2O3S/c1-4-5-16-6-8-18(9-7-16)21-26(24,25)19-10-11-20-17(13-19)12-14(2)22(20)15(3)23/h6-11,13-14,21H,4-5,12H2,1-3H3. The highest BCUT2D eigenvalue weighted by atomic mass is 32.2. The van der Waals surface area contributed by atoms with Gasteiger partial charge in [-0.25, -0.2) is 8.42 Å². The molecule has 0 aromatic heterocycles. The number of nitrogens with zero attached hydrogens (tertiary/aromatic N) is 1. The summed E-state index contributed by atoms with van der Waals surface area (Å²) in [6, 6.07) is 12.4. The Morgan fingerprint density at radius 1 is 1.19 bits per heavy atom. The molecule has 1 N–H and O–H groups in total. The first-order chi connectivity index (χ1) is 12.3. The van der Waals surface area contributed by atoms with E-state index in [2.05, 4.69) is 11.6 Å². The number of benzene rings is 2. The van der Waals surface area contributed by atoms with Crippen LogP contribution in [0.4, 0.5) is 11.4 Å². The maximum Gasteiger partial charge on any atom is 0.261 e. The molecule has 0 bridgehead atoms. The molecule has 2 aromatic rings. The molecule has 0 saturated heterocycles. The van der Waals surface area contributed by atoms with Crippen LogP contribution in [-0.4, -0.2) is 20.4 Å². The predicted octanol–water partition coefficient (Wildman–Crippen LogP) is 3.74. The van der Waals surface area contributed by atoms with Gasteiger partial charge < -0.3 is 4.90 Å². The number of carbonyl (C=O) groups is 1. The molecule has 26 heavy (non-hydrogen) atoms. The van der Waals surface area contributed by atoms with Crippen LogP contribution in [0, 0.1) is 0 Å². The highest BCUT2D eigenvalue weighted by Gasteiger charge is 2.30. The maximum atomic E-state index is 12.7. The number of rotatable bonds is 5. The normalized spacial score (nSPS) is 16.4. The summed E-state index contributed by atoms with van der Waals surface area (Å²) in [6.45, 7) is 5.60. The third kappa shape index (κ3) is 3.60. The minimum absolute atomic E-state index is 0.0304. The molecule has 138 valence electrons. The van der Waals surface area contributed by atoms with Gasteiger partial charge >= 0.3 is 0 Å². The van der Waals surface area contributed by atoms with Crippen molar-refractivity contribution in [2.24, 2.45) is 0 Å². The van der Waals surface area contributed by atoms with Crippen molar-refractivity contribution in [3.8, 4) is 0 Å². The van der Waals surface area contributed by atoms with E-state index < -0.39 is 10.0 Å². The third-order valence-electron chi connectivity index (χ3n) is 4.66. The van der Waals surface area contributed by atoms with Crippen LogP contribution in [0.25, 0.3) is 0 Å². The fraction of sp³-hybridized carbons (Fsp3) is 0.350. The zero-order valence-electron chi connectivity index (χ0n) is 15.3. The van der Waals surface area contributed by atoms with E-state index in [0.717, 1.165) is 24.1 Å². The van der Waals surface area contributed by atoms with E-state index in [1.807, 2.05) is 19.1 Å². The summed E-state index contributed by atoms with van der Waals surface area (Å²) in [5.41, 5.74) is 3.41. The van der Waals surface area contributed by atoms with Gasteiger partial charge in [0.1, 0.15) is 0 Å². The quantitative estimate of drug-likeness (QED) is 0.869. The highest BCUT2D eigenvalue weighted by Crippen LogP contribution is 2.34. The molecular formula is C20H24N2O3S. The van der Waals surface area contributed by atoms with Crippen LogP contribution in [0.15, 0.2) is 47.4 Å². The molecule has 6 heteroatoms. The Morgan fingerprint density at radius 3 is 2.50 bits per heavy atom. The number of aryl methyl sites for hydroxylation is 1. The smallest absolute Gasteiger partial charge is 0.261 e. The van der Waals surface area contributed by atoms with Gasteiger partial charge in [0.05, 0.1) is 4.90 Å². The lowest BCUT2D eigenvalue weighted by atomic mass is 10.1. The molecule has 3 rings (SSSR count). The summed E-state index contributed by atoms with van der Waals surface area (Å²) in [6.07, 6.45) is 2.68. The molecule has 2 aromatic carbocycles. The van der Waals surface area contributed by atoms with Crippen molar-refractivity contribution in [1.82, 2.24) is 0 Å². The number of amides is 1. The molecule has 1 aliphatic heterocycles. The monoisotopic (exact) mass is 372 g/mol. The molecule has 0 radical (unpaired) electrons. The van der Waals surface area contributed by atoms with Gasteiger partial charge in [-0.05, 0) is 61.2 Å². The Morgan fingerprint density at radius 2 is 1.88 bits per heavy atom. The molecule has 1 atom stereocenters. The van der Waals surface area contributed by atoms with E-state index in [0.29, 0.717) is 12.1 Å². The molecule has 1 amide bonds. The lowest BCUT2D eigenvalue weighted by Crippen LogP contribution is -2.33. The van der Waals surface area contributed by atoms with Crippen molar-refractivity contribution in [2.45, 2.75) is 51.0 Å². The van der Waals surface area contributed by atoms with Crippen molar-refractivity contribution in [3.63, 3.8) is 0 Å². The van der Waals surface area contributed by atoms with Gasteiger partial charge in [-0.15, -0.1) is 0 Å². The van der Waals surface area contributed by atoms with Crippen LogP contribution in [0.1, 0.15) is 38.3 Å². The van der Waals surface area contributed by atoms with Gasteiger partial charge in [0, 0.05) is 24.3 Å². The van der Waals surface area contributed by atoms with Crippen molar-refractivity contribution in [3.05, 3.63) is 53.6 Å². The summed E-state index contributed by atoms with van der Waals surface area (Å²) < 4.78 is 28.1. The van der Waals surface area contributed by atoms with Gasteiger partial charge in [0.15, 0.2) is 0 Å². The van der Waals surface area contributed by atoms with E-state index in [1.165, 1.54) is 12.5 Å². The lowest BCUT2D eigenvalue weighted by molar-refractivity contribution is -0.116. The Bertz CT molecular complexity index is 921. The van der Waals surface area contributed by atoms with Gasteiger partial charge in [-0.1, -0.05) is 25.5 Å². The van der Waals surface area contributed by atoms with Crippen molar-refractivity contribution < 1.29 is 13.2 Å². The first kappa shape index (κ1) is 18.5. The second kappa shape index (κ2) is 7.11. The molecule has 0 aliphatic carbocycles. The molecular weight excluding hydrogens is 348 g/mol. The average molecular weight is 372 g/mol. The number of carbonyl (C=O) groups excluding carboxylic acids is 1. The van der Waals surface area contributed by atoms with Crippen LogP contribution in [-0.2, 0) is 27.7 Å². The van der Waals surface area contributed by atoms with E-state index in [4.69, 9.17) is 0 Å². The first-order valence-electron chi connectivity index (χ1n) is 8.86. The average Bonchev–Trinajstić information content (AvgIpc) is 2.91. The van der Waals surface area contributed by atoms with E-state index in [9.17, 15) is 13.2 Å². The molecule has 1 aliphatic rings. The third-order valence-corrected chi connectivity index (χ3v) is 6.04. The number of sulfonamides is 1. The summed E-state index contributed by atoms with van der Waals surface area (Å²) in [5, 5.41) is 0. The summed E-state index contributed by atoms with van der Waals surface area (Å²) in [5.74, 6) is -0.0304. The number of hydrogen-bond donors (Lipinski definition) is 1. The molecule has 1 heterocycles. The van der Waals surface area contributed by atoms with Crippen LogP contribution in [0.5, 0.6) is 0 Å². The highest BCUT2D eigenvalue weighted by molar-refractivity contribution is 7.92. The van der Waals surface area contributed by atoms with Crippen molar-refractivity contribution in [2.75, 3.05) is 9.62 Å². The minimum atomic E-state index is -3.67. The fourth-order valence-corrected chi connectivity index (χ4v) is 4.61. The first-order valence-corrected chi connectivity index (χ1v) is 10.3. The number of nitrogens with one attached hydrogen (secondary N) is 1. The summed E-state index contributed by atoms with van der Waals surface area (Å²) in [7, 11) is -3.67. The van der Waals surface area contributed by atoms with Gasteiger partial charge in [0.25, 0.3) is 10.0 Å². The number of anilines is 2. The van der Waals surface area contributed by atoms with Crippen molar-refractivity contribution >= 4 is 27.3 Å². The molecule has 1 unspecified atom stereocenters. The molecule has 5 nitrogen and oxygen atoms in total. The Kier molecular flexibility index (Phi) is 5.05. The van der Waals surface area contributed by atoms with Crippen molar-refractivity contribution in [1.29, 1.82) is 0 Å². The molecule has 0 spiro atoms. The predicted molar refractivity (Wildman–Crippen MR) is 104 cm³/mol.